The Hall–Kier alpha value is -3.08. The average molecular weight is 349 g/mol. The Morgan fingerprint density at radius 1 is 1.08 bits per heavy atom. The lowest BCUT2D eigenvalue weighted by Crippen LogP contribution is -2.24. The van der Waals surface area contributed by atoms with Gasteiger partial charge in [-0.15, -0.1) is 0 Å². The Balaban J connectivity index is 1.66. The Kier molecular flexibility index (Phi) is 5.69. The monoisotopic (exact) mass is 349 g/mol. The summed E-state index contributed by atoms with van der Waals surface area (Å²) >= 11 is 0. The number of hydrogen-bond acceptors (Lipinski definition) is 4. The predicted molar refractivity (Wildman–Crippen MR) is 103 cm³/mol. The second kappa shape index (κ2) is 8.34. The molecule has 2 heterocycles. The van der Waals surface area contributed by atoms with E-state index >= 15 is 0 Å². The molecule has 0 radical (unpaired) electrons. The van der Waals surface area contributed by atoms with Crippen molar-refractivity contribution in [2.75, 3.05) is 18.0 Å². The number of rotatable bonds is 7. The minimum Gasteiger partial charge on any atom is -0.459 e. The van der Waals surface area contributed by atoms with Crippen molar-refractivity contribution in [1.82, 2.24) is 10.3 Å². The van der Waals surface area contributed by atoms with Gasteiger partial charge in [-0.25, -0.2) is 4.98 Å². The van der Waals surface area contributed by atoms with Gasteiger partial charge in [0.05, 0.1) is 6.26 Å². The van der Waals surface area contributed by atoms with Gasteiger partial charge >= 0.3 is 0 Å². The fraction of sp³-hybridized carbons (Fsp3) is 0.238. The number of pyridine rings is 1. The van der Waals surface area contributed by atoms with Crippen LogP contribution in [0.15, 0.2) is 65.4 Å². The highest BCUT2D eigenvalue weighted by atomic mass is 16.3. The van der Waals surface area contributed by atoms with Crippen LogP contribution in [0.4, 0.5) is 5.82 Å². The molecule has 3 rings (SSSR count). The number of nitrogens with zero attached hydrogens (tertiary/aromatic N) is 2. The molecule has 0 unspecified atom stereocenters. The quantitative estimate of drug-likeness (QED) is 0.697. The van der Waals surface area contributed by atoms with Crippen LogP contribution in [0, 0.1) is 0 Å². The highest BCUT2D eigenvalue weighted by Crippen LogP contribution is 2.24. The van der Waals surface area contributed by atoms with Gasteiger partial charge in [-0.2, -0.15) is 0 Å². The van der Waals surface area contributed by atoms with E-state index in [9.17, 15) is 4.79 Å². The molecule has 134 valence electrons. The molecule has 0 aliphatic carbocycles. The van der Waals surface area contributed by atoms with Gasteiger partial charge in [0.25, 0.3) is 5.91 Å². The minimum absolute atomic E-state index is 0.235. The Labute approximate surface area is 153 Å². The number of nitrogens with one attached hydrogen (secondary N) is 1. The normalized spacial score (nSPS) is 10.5. The number of aromatic nitrogens is 1. The molecule has 26 heavy (non-hydrogen) atoms. The Bertz CT molecular complexity index is 837. The zero-order valence-electron chi connectivity index (χ0n) is 15.1. The molecule has 0 spiro atoms. The summed E-state index contributed by atoms with van der Waals surface area (Å²) in [5.74, 6) is 1.04. The molecule has 0 bridgehead atoms. The summed E-state index contributed by atoms with van der Waals surface area (Å²) in [6, 6.07) is 15.5. The van der Waals surface area contributed by atoms with Crippen molar-refractivity contribution in [1.29, 1.82) is 0 Å². The molecule has 0 saturated carbocycles. The van der Waals surface area contributed by atoms with Crippen LogP contribution in [0.25, 0.3) is 11.1 Å². The van der Waals surface area contributed by atoms with Crippen molar-refractivity contribution in [2.24, 2.45) is 0 Å². The highest BCUT2D eigenvalue weighted by Gasteiger charge is 2.16. The van der Waals surface area contributed by atoms with Crippen LogP contribution < -0.4 is 10.2 Å². The largest absolute Gasteiger partial charge is 0.459 e. The molecule has 3 aromatic rings. The number of amides is 1. The smallest absolute Gasteiger partial charge is 0.287 e. The van der Waals surface area contributed by atoms with Crippen molar-refractivity contribution in [3.8, 4) is 11.1 Å². The fourth-order valence-electron chi connectivity index (χ4n) is 2.85. The number of anilines is 1. The fourth-order valence-corrected chi connectivity index (χ4v) is 2.85. The summed E-state index contributed by atoms with van der Waals surface area (Å²) in [5.41, 5.74) is 2.69. The van der Waals surface area contributed by atoms with E-state index < -0.39 is 0 Å². The number of benzene rings is 1. The zero-order valence-corrected chi connectivity index (χ0v) is 15.1. The maximum absolute atomic E-state index is 12.5. The van der Waals surface area contributed by atoms with Crippen LogP contribution in [0.1, 0.15) is 30.0 Å². The zero-order chi connectivity index (χ0) is 18.4. The third-order valence-electron chi connectivity index (χ3n) is 4.31. The maximum Gasteiger partial charge on any atom is 0.287 e. The lowest BCUT2D eigenvalue weighted by molar-refractivity contribution is 0.0924. The summed E-state index contributed by atoms with van der Waals surface area (Å²) in [5, 5.41) is 2.90. The minimum atomic E-state index is -0.235. The molecule has 0 atom stereocenters. The SMILES string of the molecule is CCN(CC)c1ccc(CNC(=O)c2occc2-c2ccccc2)cn1. The first-order valence-corrected chi connectivity index (χ1v) is 8.84. The molecular formula is C21H23N3O2. The van der Waals surface area contributed by atoms with Gasteiger partial charge in [0.2, 0.25) is 0 Å². The van der Waals surface area contributed by atoms with Crippen LogP contribution in [-0.2, 0) is 6.54 Å². The first-order valence-electron chi connectivity index (χ1n) is 8.84. The van der Waals surface area contributed by atoms with E-state index in [1.54, 1.807) is 6.20 Å². The summed E-state index contributed by atoms with van der Waals surface area (Å²) in [6.45, 7) is 6.44. The standard InChI is InChI=1S/C21H23N3O2/c1-3-24(4-2)19-11-10-16(14-22-19)15-23-21(25)20-18(12-13-26-20)17-8-6-5-7-9-17/h5-14H,3-4,15H2,1-2H3,(H,23,25). The predicted octanol–water partition coefficient (Wildman–Crippen LogP) is 4.12. The van der Waals surface area contributed by atoms with Gasteiger partial charge < -0.3 is 14.6 Å². The maximum atomic E-state index is 12.5. The molecule has 5 nitrogen and oxygen atoms in total. The molecule has 2 aromatic heterocycles. The highest BCUT2D eigenvalue weighted by molar-refractivity contribution is 5.98. The Morgan fingerprint density at radius 3 is 2.50 bits per heavy atom. The van der Waals surface area contributed by atoms with Crippen LogP contribution in [0.2, 0.25) is 0 Å². The van der Waals surface area contributed by atoms with Crippen molar-refractivity contribution in [3.63, 3.8) is 0 Å². The molecule has 5 heteroatoms. The van der Waals surface area contributed by atoms with Crippen molar-refractivity contribution < 1.29 is 9.21 Å². The van der Waals surface area contributed by atoms with Crippen molar-refractivity contribution in [2.45, 2.75) is 20.4 Å². The van der Waals surface area contributed by atoms with Crippen molar-refractivity contribution in [3.05, 3.63) is 72.3 Å². The van der Waals surface area contributed by atoms with Crippen LogP contribution in [0.3, 0.4) is 0 Å². The van der Waals surface area contributed by atoms with E-state index in [2.05, 4.69) is 29.0 Å². The Morgan fingerprint density at radius 2 is 1.85 bits per heavy atom. The summed E-state index contributed by atoms with van der Waals surface area (Å²) in [6.07, 6.45) is 3.34. The molecule has 1 aromatic carbocycles. The van der Waals surface area contributed by atoms with Crippen LogP contribution in [0.5, 0.6) is 0 Å². The number of furan rings is 1. The van der Waals surface area contributed by atoms with E-state index in [-0.39, 0.29) is 5.91 Å². The lowest BCUT2D eigenvalue weighted by atomic mass is 10.1. The van der Waals surface area contributed by atoms with Crippen LogP contribution in [-0.4, -0.2) is 24.0 Å². The van der Waals surface area contributed by atoms with E-state index in [0.29, 0.717) is 12.3 Å². The molecule has 0 aliphatic heterocycles. The first kappa shape index (κ1) is 17.7. The third kappa shape index (κ3) is 3.94. The van der Waals surface area contributed by atoms with Gasteiger partial charge in [-0.1, -0.05) is 36.4 Å². The summed E-state index contributed by atoms with van der Waals surface area (Å²) in [4.78, 5) is 19.2. The molecule has 0 aliphatic rings. The average Bonchev–Trinajstić information content (AvgIpc) is 3.19. The van der Waals surface area contributed by atoms with E-state index in [1.165, 1.54) is 6.26 Å². The second-order valence-corrected chi connectivity index (χ2v) is 5.91. The summed E-state index contributed by atoms with van der Waals surface area (Å²) < 4.78 is 5.41. The molecule has 1 amide bonds. The van der Waals surface area contributed by atoms with Crippen LogP contribution >= 0.6 is 0 Å². The van der Waals surface area contributed by atoms with E-state index in [1.807, 2.05) is 48.5 Å². The molecule has 1 N–H and O–H groups in total. The molecule has 0 saturated heterocycles. The summed E-state index contributed by atoms with van der Waals surface area (Å²) in [7, 11) is 0. The van der Waals surface area contributed by atoms with E-state index in [4.69, 9.17) is 4.42 Å². The van der Waals surface area contributed by atoms with E-state index in [0.717, 1.165) is 35.6 Å². The van der Waals surface area contributed by atoms with Gasteiger partial charge in [0, 0.05) is 31.4 Å². The topological polar surface area (TPSA) is 58.4 Å². The third-order valence-corrected chi connectivity index (χ3v) is 4.31. The lowest BCUT2D eigenvalue weighted by Gasteiger charge is -2.19. The number of carbonyl (C=O) groups is 1. The van der Waals surface area contributed by atoms with Gasteiger partial charge in [-0.3, -0.25) is 4.79 Å². The first-order chi connectivity index (χ1) is 12.7. The van der Waals surface area contributed by atoms with Gasteiger partial charge in [-0.05, 0) is 37.1 Å². The second-order valence-electron chi connectivity index (χ2n) is 5.91. The number of carbonyl (C=O) groups excluding carboxylic acids is 1. The molecule has 0 fully saturated rings. The number of hydrogen-bond donors (Lipinski definition) is 1. The van der Waals surface area contributed by atoms with Gasteiger partial charge in [0.15, 0.2) is 5.76 Å². The van der Waals surface area contributed by atoms with Crippen molar-refractivity contribution >= 4 is 11.7 Å². The van der Waals surface area contributed by atoms with Gasteiger partial charge in [0.1, 0.15) is 5.82 Å². The molecular weight excluding hydrogens is 326 g/mol.